The van der Waals surface area contributed by atoms with Crippen molar-refractivity contribution < 1.29 is 44.8 Å². The van der Waals surface area contributed by atoms with Crippen molar-refractivity contribution in [1.82, 2.24) is 0 Å². The standard InChI is InChI=1S/C12H22O9/c1-4-8(15)9(16)10(17)12(19-4)21-6-2-5(14)7(3-13)20-11(6)18/h4-18H,2-3H2,1H3/t4-,5+,6+,7+,8-,9+,10+,11-,12-/m0/s1. The van der Waals surface area contributed by atoms with E-state index in [1.165, 1.54) is 6.92 Å². The Balaban J connectivity index is 1.97. The summed E-state index contributed by atoms with van der Waals surface area (Å²) < 4.78 is 15.6. The number of hydrogen-bond donors (Lipinski definition) is 6. The van der Waals surface area contributed by atoms with Gasteiger partial charge >= 0.3 is 0 Å². The average Bonchev–Trinajstić information content (AvgIpc) is 2.45. The molecule has 2 rings (SSSR count). The quantitative estimate of drug-likeness (QED) is 0.314. The number of aliphatic hydroxyl groups excluding tert-OH is 6. The Hall–Kier alpha value is -0.360. The molecular formula is C12H22O9. The largest absolute Gasteiger partial charge is 0.394 e. The second kappa shape index (κ2) is 6.82. The van der Waals surface area contributed by atoms with Gasteiger partial charge in [-0.25, -0.2) is 0 Å². The van der Waals surface area contributed by atoms with E-state index in [9.17, 15) is 25.5 Å². The van der Waals surface area contributed by atoms with E-state index >= 15 is 0 Å². The molecule has 0 aromatic carbocycles. The Kier molecular flexibility index (Phi) is 5.52. The van der Waals surface area contributed by atoms with E-state index < -0.39 is 61.9 Å². The maximum absolute atomic E-state index is 9.82. The zero-order valence-corrected chi connectivity index (χ0v) is 11.5. The molecular weight excluding hydrogens is 288 g/mol. The first-order chi connectivity index (χ1) is 9.85. The molecule has 2 heterocycles. The summed E-state index contributed by atoms with van der Waals surface area (Å²) in [4.78, 5) is 0. The van der Waals surface area contributed by atoms with Gasteiger partial charge in [0.15, 0.2) is 12.6 Å². The predicted molar refractivity (Wildman–Crippen MR) is 65.8 cm³/mol. The zero-order chi connectivity index (χ0) is 15.7. The Morgan fingerprint density at radius 1 is 1.00 bits per heavy atom. The molecule has 9 nitrogen and oxygen atoms in total. The van der Waals surface area contributed by atoms with Crippen molar-refractivity contribution in [3.63, 3.8) is 0 Å². The Labute approximate surface area is 121 Å². The molecule has 0 amide bonds. The van der Waals surface area contributed by atoms with Gasteiger partial charge < -0.3 is 44.8 Å². The lowest BCUT2D eigenvalue weighted by atomic mass is 9.99. The molecule has 0 aromatic rings. The molecule has 21 heavy (non-hydrogen) atoms. The smallest absolute Gasteiger partial charge is 0.187 e. The fourth-order valence-electron chi connectivity index (χ4n) is 2.45. The summed E-state index contributed by atoms with van der Waals surface area (Å²) >= 11 is 0. The SMILES string of the molecule is C[C@@H]1O[C@@H](O[C@@H]2C[C@@H](O)[C@@H](CO)O[C@@H]2O)[C@H](O)[C@H](O)[C@H]1O. The highest BCUT2D eigenvalue weighted by Gasteiger charge is 2.45. The predicted octanol–water partition coefficient (Wildman–Crippen LogP) is -3.34. The molecule has 0 aliphatic carbocycles. The monoisotopic (exact) mass is 310 g/mol. The van der Waals surface area contributed by atoms with Crippen LogP contribution >= 0.6 is 0 Å². The topological polar surface area (TPSA) is 149 Å². The molecule has 0 saturated carbocycles. The Morgan fingerprint density at radius 3 is 2.29 bits per heavy atom. The van der Waals surface area contributed by atoms with E-state index in [0.717, 1.165) is 0 Å². The van der Waals surface area contributed by atoms with Gasteiger partial charge in [0.05, 0.1) is 18.8 Å². The fourth-order valence-corrected chi connectivity index (χ4v) is 2.45. The van der Waals surface area contributed by atoms with Gasteiger partial charge in [0.1, 0.15) is 30.5 Å². The first-order valence-electron chi connectivity index (χ1n) is 6.82. The molecule has 9 atom stereocenters. The minimum atomic E-state index is -1.50. The van der Waals surface area contributed by atoms with Crippen LogP contribution in [0.1, 0.15) is 13.3 Å². The average molecular weight is 310 g/mol. The molecule has 2 saturated heterocycles. The van der Waals surface area contributed by atoms with Gasteiger partial charge in [0.25, 0.3) is 0 Å². The van der Waals surface area contributed by atoms with Crippen molar-refractivity contribution in [1.29, 1.82) is 0 Å². The second-order valence-corrected chi connectivity index (χ2v) is 5.41. The summed E-state index contributed by atoms with van der Waals surface area (Å²) in [5.74, 6) is 0. The first-order valence-corrected chi connectivity index (χ1v) is 6.82. The Bertz CT molecular complexity index is 341. The van der Waals surface area contributed by atoms with Crippen LogP contribution in [0.3, 0.4) is 0 Å². The van der Waals surface area contributed by atoms with E-state index in [4.69, 9.17) is 19.3 Å². The number of aliphatic hydroxyl groups is 6. The third-order valence-corrected chi connectivity index (χ3v) is 3.83. The lowest BCUT2D eigenvalue weighted by Crippen LogP contribution is -2.59. The van der Waals surface area contributed by atoms with E-state index in [-0.39, 0.29) is 6.42 Å². The van der Waals surface area contributed by atoms with Crippen molar-refractivity contribution in [2.24, 2.45) is 0 Å². The third-order valence-electron chi connectivity index (χ3n) is 3.83. The molecule has 0 spiro atoms. The van der Waals surface area contributed by atoms with Crippen LogP contribution in [-0.4, -0.2) is 92.6 Å². The van der Waals surface area contributed by atoms with Crippen LogP contribution in [0.2, 0.25) is 0 Å². The van der Waals surface area contributed by atoms with Gasteiger partial charge in [0.2, 0.25) is 0 Å². The van der Waals surface area contributed by atoms with Gasteiger partial charge in [0, 0.05) is 6.42 Å². The van der Waals surface area contributed by atoms with Crippen molar-refractivity contribution in [3.05, 3.63) is 0 Å². The summed E-state index contributed by atoms with van der Waals surface area (Å²) in [5, 5.41) is 57.5. The van der Waals surface area contributed by atoms with Crippen LogP contribution in [0.4, 0.5) is 0 Å². The minimum absolute atomic E-state index is 0.0357. The lowest BCUT2D eigenvalue weighted by Gasteiger charge is -2.42. The van der Waals surface area contributed by atoms with Crippen molar-refractivity contribution in [2.75, 3.05) is 6.61 Å². The van der Waals surface area contributed by atoms with Crippen molar-refractivity contribution >= 4 is 0 Å². The highest BCUT2D eigenvalue weighted by atomic mass is 16.7. The van der Waals surface area contributed by atoms with Gasteiger partial charge in [-0.1, -0.05) is 0 Å². The summed E-state index contributed by atoms with van der Waals surface area (Å²) in [7, 11) is 0. The summed E-state index contributed by atoms with van der Waals surface area (Å²) in [6, 6.07) is 0. The van der Waals surface area contributed by atoms with Gasteiger partial charge in [-0.3, -0.25) is 0 Å². The fraction of sp³-hybridized carbons (Fsp3) is 1.00. The maximum atomic E-state index is 9.82. The van der Waals surface area contributed by atoms with E-state index in [0.29, 0.717) is 0 Å². The minimum Gasteiger partial charge on any atom is -0.394 e. The highest BCUT2D eigenvalue weighted by Crippen LogP contribution is 2.27. The second-order valence-electron chi connectivity index (χ2n) is 5.41. The van der Waals surface area contributed by atoms with Gasteiger partial charge in [-0.2, -0.15) is 0 Å². The lowest BCUT2D eigenvalue weighted by molar-refractivity contribution is -0.341. The molecule has 9 heteroatoms. The molecule has 6 N–H and O–H groups in total. The van der Waals surface area contributed by atoms with Crippen molar-refractivity contribution in [3.8, 4) is 0 Å². The van der Waals surface area contributed by atoms with E-state index in [1.54, 1.807) is 0 Å². The number of hydrogen-bond acceptors (Lipinski definition) is 9. The van der Waals surface area contributed by atoms with E-state index in [1.807, 2.05) is 0 Å². The zero-order valence-electron chi connectivity index (χ0n) is 11.5. The van der Waals surface area contributed by atoms with E-state index in [2.05, 4.69) is 0 Å². The molecule has 2 aliphatic rings. The van der Waals surface area contributed by atoms with Crippen molar-refractivity contribution in [2.45, 2.75) is 68.7 Å². The molecule has 0 aromatic heterocycles. The maximum Gasteiger partial charge on any atom is 0.187 e. The molecule has 0 unspecified atom stereocenters. The Morgan fingerprint density at radius 2 is 1.67 bits per heavy atom. The molecule has 2 fully saturated rings. The van der Waals surface area contributed by atoms with Crippen LogP contribution in [0.25, 0.3) is 0 Å². The molecule has 2 aliphatic heterocycles. The van der Waals surface area contributed by atoms with Crippen LogP contribution in [0, 0.1) is 0 Å². The number of rotatable bonds is 3. The first kappa shape index (κ1) is 17.0. The van der Waals surface area contributed by atoms with Crippen LogP contribution in [0.15, 0.2) is 0 Å². The van der Waals surface area contributed by atoms with Gasteiger partial charge in [-0.15, -0.1) is 0 Å². The summed E-state index contributed by atoms with van der Waals surface area (Å²) in [6.45, 7) is 1.05. The van der Waals surface area contributed by atoms with Crippen LogP contribution in [0.5, 0.6) is 0 Å². The normalized spacial score (nSPS) is 51.9. The molecule has 0 radical (unpaired) electrons. The molecule has 0 bridgehead atoms. The number of ether oxygens (including phenoxy) is 3. The molecule has 124 valence electrons. The summed E-state index contributed by atoms with van der Waals surface area (Å²) in [6.07, 6.45) is -10.7. The third kappa shape index (κ3) is 3.52. The highest BCUT2D eigenvalue weighted by molar-refractivity contribution is 4.89. The van der Waals surface area contributed by atoms with Gasteiger partial charge in [-0.05, 0) is 6.92 Å². The summed E-state index contributed by atoms with van der Waals surface area (Å²) in [5.41, 5.74) is 0. The van der Waals surface area contributed by atoms with Crippen LogP contribution < -0.4 is 0 Å². The van der Waals surface area contributed by atoms with Crippen LogP contribution in [-0.2, 0) is 14.2 Å².